The van der Waals surface area contributed by atoms with Gasteiger partial charge in [-0.1, -0.05) is 18.2 Å². The summed E-state index contributed by atoms with van der Waals surface area (Å²) in [4.78, 5) is 10.9. The molecule has 0 aromatic heterocycles. The van der Waals surface area contributed by atoms with Gasteiger partial charge in [0.05, 0.1) is 0 Å². The van der Waals surface area contributed by atoms with Crippen molar-refractivity contribution < 1.29 is 9.53 Å². The summed E-state index contributed by atoms with van der Waals surface area (Å²) in [5, 5.41) is 2.60. The number of hydrogen-bond acceptors (Lipinski definition) is 2. The highest BCUT2D eigenvalue weighted by Crippen LogP contribution is 2.19. The molecule has 1 rings (SSSR count). The number of ether oxygens (including phenoxy) is 1. The molecule has 0 bridgehead atoms. The third-order valence-corrected chi connectivity index (χ3v) is 1.84. The van der Waals surface area contributed by atoms with Crippen molar-refractivity contribution >= 4 is 11.8 Å². The predicted molar refractivity (Wildman–Crippen MR) is 51.4 cm³/mol. The molecule has 0 aliphatic carbocycles. The summed E-state index contributed by atoms with van der Waals surface area (Å²) in [6, 6.07) is 5.78. The van der Waals surface area contributed by atoms with Crippen LogP contribution in [-0.2, 0) is 4.74 Å². The quantitative estimate of drug-likeness (QED) is 0.717. The van der Waals surface area contributed by atoms with Crippen LogP contribution >= 0.6 is 0 Å². The summed E-state index contributed by atoms with van der Waals surface area (Å²) in [7, 11) is 3.03. The van der Waals surface area contributed by atoms with Crippen LogP contribution in [0, 0.1) is 21.0 Å². The van der Waals surface area contributed by atoms with E-state index in [4.69, 9.17) is 0 Å². The van der Waals surface area contributed by atoms with E-state index in [1.165, 1.54) is 0 Å². The number of nitrogens with one attached hydrogen (secondary N) is 1. The molecule has 0 aliphatic rings. The van der Waals surface area contributed by atoms with E-state index in [2.05, 4.69) is 17.2 Å². The van der Waals surface area contributed by atoms with Gasteiger partial charge in [-0.2, -0.15) is 0 Å². The Hall–Kier alpha value is -1.51. The first-order valence-corrected chi connectivity index (χ1v) is 3.94. The highest BCUT2D eigenvalue weighted by molar-refractivity contribution is 5.86. The number of para-hydroxylation sites is 1. The zero-order valence-electron chi connectivity index (χ0n) is 7.76. The van der Waals surface area contributed by atoms with Crippen molar-refractivity contribution in [2.45, 2.75) is 13.8 Å². The van der Waals surface area contributed by atoms with Gasteiger partial charge in [0.15, 0.2) is 0 Å². The zero-order chi connectivity index (χ0) is 9.84. The Labute approximate surface area is 77.7 Å². The number of hydrogen-bond donors (Lipinski definition) is 1. The van der Waals surface area contributed by atoms with E-state index in [1.807, 2.05) is 32.0 Å². The SMILES string of the molecule is [CH2]OC(=O)Nc1c(C)cccc1C. The fourth-order valence-electron chi connectivity index (χ4n) is 1.15. The molecule has 0 saturated carbocycles. The van der Waals surface area contributed by atoms with Gasteiger partial charge < -0.3 is 4.74 Å². The maximum atomic E-state index is 10.9. The molecular weight excluding hydrogens is 166 g/mol. The van der Waals surface area contributed by atoms with Crippen molar-refractivity contribution in [2.24, 2.45) is 0 Å². The Morgan fingerprint density at radius 3 is 2.38 bits per heavy atom. The van der Waals surface area contributed by atoms with Crippen LogP contribution in [0.2, 0.25) is 0 Å². The summed E-state index contributed by atoms with van der Waals surface area (Å²) >= 11 is 0. The van der Waals surface area contributed by atoms with Gasteiger partial charge >= 0.3 is 6.09 Å². The molecule has 3 heteroatoms. The van der Waals surface area contributed by atoms with Crippen molar-refractivity contribution in [2.75, 3.05) is 5.32 Å². The molecule has 1 aromatic rings. The zero-order valence-corrected chi connectivity index (χ0v) is 7.76. The number of anilines is 1. The molecule has 13 heavy (non-hydrogen) atoms. The first-order chi connectivity index (χ1) is 6.15. The lowest BCUT2D eigenvalue weighted by molar-refractivity contribution is 0.199. The molecule has 1 aromatic carbocycles. The first-order valence-electron chi connectivity index (χ1n) is 3.94. The van der Waals surface area contributed by atoms with Crippen LogP contribution in [0.3, 0.4) is 0 Å². The normalized spacial score (nSPS) is 9.46. The fourth-order valence-corrected chi connectivity index (χ4v) is 1.15. The maximum Gasteiger partial charge on any atom is 0.411 e. The number of carbonyl (C=O) groups is 1. The van der Waals surface area contributed by atoms with Crippen LogP contribution in [-0.4, -0.2) is 6.09 Å². The van der Waals surface area contributed by atoms with E-state index in [-0.39, 0.29) is 0 Å². The number of carbonyl (C=O) groups excluding carboxylic acids is 1. The molecule has 3 nitrogen and oxygen atoms in total. The van der Waals surface area contributed by atoms with E-state index in [0.717, 1.165) is 16.8 Å². The molecule has 0 spiro atoms. The summed E-state index contributed by atoms with van der Waals surface area (Å²) < 4.78 is 4.26. The second-order valence-electron chi connectivity index (χ2n) is 2.82. The van der Waals surface area contributed by atoms with Crippen molar-refractivity contribution in [1.29, 1.82) is 0 Å². The minimum atomic E-state index is -0.544. The van der Waals surface area contributed by atoms with Crippen LogP contribution in [0.1, 0.15) is 11.1 Å². The number of aryl methyl sites for hydroxylation is 2. The average molecular weight is 178 g/mol. The number of benzene rings is 1. The van der Waals surface area contributed by atoms with Crippen LogP contribution in [0.15, 0.2) is 18.2 Å². The second-order valence-corrected chi connectivity index (χ2v) is 2.82. The third kappa shape index (κ3) is 2.21. The van der Waals surface area contributed by atoms with Gasteiger partial charge in [0.1, 0.15) is 7.11 Å². The largest absolute Gasteiger partial charge is 0.446 e. The van der Waals surface area contributed by atoms with Crippen molar-refractivity contribution in [1.82, 2.24) is 0 Å². The predicted octanol–water partition coefficient (Wildman–Crippen LogP) is 2.64. The Kier molecular flexibility index (Phi) is 2.90. The van der Waals surface area contributed by atoms with Crippen LogP contribution in [0.25, 0.3) is 0 Å². The lowest BCUT2D eigenvalue weighted by Gasteiger charge is -2.09. The molecule has 0 heterocycles. The second kappa shape index (κ2) is 3.94. The molecule has 1 N–H and O–H groups in total. The highest BCUT2D eigenvalue weighted by Gasteiger charge is 2.05. The van der Waals surface area contributed by atoms with Gasteiger partial charge in [-0.05, 0) is 25.0 Å². The summed E-state index contributed by atoms with van der Waals surface area (Å²) in [6.45, 7) is 3.84. The van der Waals surface area contributed by atoms with E-state index in [9.17, 15) is 4.79 Å². The van der Waals surface area contributed by atoms with Gasteiger partial charge in [-0.3, -0.25) is 5.32 Å². The Morgan fingerprint density at radius 1 is 1.38 bits per heavy atom. The minimum absolute atomic E-state index is 0.544. The molecule has 0 aliphatic heterocycles. The molecule has 0 saturated heterocycles. The lowest BCUT2D eigenvalue weighted by atomic mass is 10.1. The van der Waals surface area contributed by atoms with Gasteiger partial charge in [0.25, 0.3) is 0 Å². The molecule has 1 radical (unpaired) electrons. The van der Waals surface area contributed by atoms with E-state index in [0.29, 0.717) is 0 Å². The van der Waals surface area contributed by atoms with Crippen molar-refractivity contribution in [3.8, 4) is 0 Å². The topological polar surface area (TPSA) is 38.3 Å². The molecule has 0 atom stereocenters. The minimum Gasteiger partial charge on any atom is -0.446 e. The van der Waals surface area contributed by atoms with Crippen LogP contribution in [0.5, 0.6) is 0 Å². The monoisotopic (exact) mass is 178 g/mol. The molecule has 0 unspecified atom stereocenters. The third-order valence-electron chi connectivity index (χ3n) is 1.84. The molecule has 0 fully saturated rings. The highest BCUT2D eigenvalue weighted by atomic mass is 16.5. The van der Waals surface area contributed by atoms with Gasteiger partial charge in [0.2, 0.25) is 0 Å². The number of rotatable bonds is 1. The number of amides is 1. The summed E-state index contributed by atoms with van der Waals surface area (Å²) in [6.07, 6.45) is -0.544. The molecule has 69 valence electrons. The van der Waals surface area contributed by atoms with Crippen molar-refractivity contribution in [3.63, 3.8) is 0 Å². The lowest BCUT2D eigenvalue weighted by Crippen LogP contribution is -2.11. The smallest absolute Gasteiger partial charge is 0.411 e. The van der Waals surface area contributed by atoms with Crippen molar-refractivity contribution in [3.05, 3.63) is 36.4 Å². The Bertz CT molecular complexity index is 300. The van der Waals surface area contributed by atoms with Gasteiger partial charge in [0, 0.05) is 5.69 Å². The van der Waals surface area contributed by atoms with E-state index < -0.39 is 6.09 Å². The maximum absolute atomic E-state index is 10.9. The summed E-state index contributed by atoms with van der Waals surface area (Å²) in [5.41, 5.74) is 2.80. The fraction of sp³-hybridized carbons (Fsp3) is 0.200. The van der Waals surface area contributed by atoms with Gasteiger partial charge in [-0.25, -0.2) is 4.79 Å². The van der Waals surface area contributed by atoms with E-state index in [1.54, 1.807) is 0 Å². The average Bonchev–Trinajstić information content (AvgIpc) is 2.11. The molecular formula is C10H12NO2. The Morgan fingerprint density at radius 2 is 1.92 bits per heavy atom. The standard InChI is InChI=1S/C10H12NO2/c1-7-5-4-6-8(2)9(7)11-10(12)13-3/h4-6H,3H2,1-2H3,(H,11,12). The summed E-state index contributed by atoms with van der Waals surface area (Å²) in [5.74, 6) is 0. The molecule has 1 amide bonds. The van der Waals surface area contributed by atoms with Gasteiger partial charge in [-0.15, -0.1) is 0 Å². The van der Waals surface area contributed by atoms with Crippen LogP contribution in [0.4, 0.5) is 10.5 Å². The van der Waals surface area contributed by atoms with Crippen LogP contribution < -0.4 is 5.32 Å². The van der Waals surface area contributed by atoms with E-state index >= 15 is 0 Å². The Balaban J connectivity index is 2.93. The first kappa shape index (κ1) is 9.58.